The number of aliphatic hydroxyl groups excluding tert-OH is 1. The van der Waals surface area contributed by atoms with E-state index in [1.807, 2.05) is 0 Å². The van der Waals surface area contributed by atoms with Gasteiger partial charge in [0, 0.05) is 6.61 Å². The Kier molecular flexibility index (Phi) is 11.6. The molecular formula is C20H44N4O6. The van der Waals surface area contributed by atoms with Crippen LogP contribution in [0.25, 0.3) is 0 Å². The van der Waals surface area contributed by atoms with Gasteiger partial charge in [-0.15, -0.1) is 0 Å². The number of hydrogen-bond donors (Lipinski definition) is 8. The van der Waals surface area contributed by atoms with E-state index in [4.69, 9.17) is 32.4 Å². The molecule has 180 valence electrons. The summed E-state index contributed by atoms with van der Waals surface area (Å²) in [6.07, 6.45) is -1.66. The molecule has 1 aliphatic rings. The van der Waals surface area contributed by atoms with E-state index in [-0.39, 0.29) is 51.9 Å². The smallest absolute Gasteiger partial charge is 0.189 e. The Morgan fingerprint density at radius 1 is 0.833 bits per heavy atom. The lowest BCUT2D eigenvalue weighted by Gasteiger charge is -2.62. The van der Waals surface area contributed by atoms with Gasteiger partial charge in [-0.05, 0) is 84.5 Å². The average molecular weight is 437 g/mol. The highest BCUT2D eigenvalue weighted by Crippen LogP contribution is 2.52. The van der Waals surface area contributed by atoms with Crippen molar-refractivity contribution in [2.24, 2.45) is 22.9 Å². The van der Waals surface area contributed by atoms with Crippen molar-refractivity contribution in [1.82, 2.24) is 0 Å². The van der Waals surface area contributed by atoms with Crippen molar-refractivity contribution < 1.29 is 29.9 Å². The van der Waals surface area contributed by atoms with Crippen molar-refractivity contribution in [2.75, 3.05) is 32.8 Å². The van der Waals surface area contributed by atoms with Gasteiger partial charge in [-0.1, -0.05) is 0 Å². The van der Waals surface area contributed by atoms with E-state index >= 15 is 0 Å². The minimum Gasteiger partial charge on any atom is -0.390 e. The fraction of sp³-hybridized carbons (Fsp3) is 1.00. The van der Waals surface area contributed by atoms with Crippen LogP contribution in [0.3, 0.4) is 0 Å². The van der Waals surface area contributed by atoms with Crippen molar-refractivity contribution in [3.8, 4) is 0 Å². The number of ether oxygens (including phenoxy) is 2. The summed E-state index contributed by atoms with van der Waals surface area (Å²) in [5, 5.41) is 46.5. The Labute approximate surface area is 179 Å². The van der Waals surface area contributed by atoms with E-state index in [1.54, 1.807) is 6.92 Å². The lowest BCUT2D eigenvalue weighted by Crippen LogP contribution is -2.81. The third-order valence-corrected chi connectivity index (χ3v) is 6.20. The average Bonchev–Trinajstić information content (AvgIpc) is 2.74. The Hall–Kier alpha value is -0.400. The van der Waals surface area contributed by atoms with Gasteiger partial charge in [-0.25, -0.2) is 0 Å². The molecule has 12 N–H and O–H groups in total. The Morgan fingerprint density at radius 2 is 1.33 bits per heavy atom. The van der Waals surface area contributed by atoms with Crippen LogP contribution >= 0.6 is 0 Å². The highest BCUT2D eigenvalue weighted by molar-refractivity contribution is 5.20. The molecule has 0 aromatic carbocycles. The molecular weight excluding hydrogens is 392 g/mol. The maximum absolute atomic E-state index is 12.0. The third kappa shape index (κ3) is 5.50. The molecule has 1 fully saturated rings. The summed E-state index contributed by atoms with van der Waals surface area (Å²) in [5.74, 6) is 0. The molecule has 10 heteroatoms. The van der Waals surface area contributed by atoms with Crippen LogP contribution in [0.1, 0.15) is 58.3 Å². The van der Waals surface area contributed by atoms with Gasteiger partial charge in [0.05, 0.1) is 6.10 Å². The van der Waals surface area contributed by atoms with E-state index in [2.05, 4.69) is 0 Å². The molecule has 0 radical (unpaired) electrons. The van der Waals surface area contributed by atoms with Crippen LogP contribution < -0.4 is 22.9 Å². The summed E-state index contributed by atoms with van der Waals surface area (Å²) in [7, 11) is 0. The molecule has 0 bridgehead atoms. The first-order valence-corrected chi connectivity index (χ1v) is 11.1. The first-order chi connectivity index (χ1) is 14.2. The summed E-state index contributed by atoms with van der Waals surface area (Å²) >= 11 is 0. The van der Waals surface area contributed by atoms with E-state index in [9.17, 15) is 20.4 Å². The Balaban J connectivity index is 3.55. The largest absolute Gasteiger partial charge is 0.390 e. The number of nitrogens with two attached hydrogens (primary N) is 4. The maximum Gasteiger partial charge on any atom is 0.189 e. The van der Waals surface area contributed by atoms with Gasteiger partial charge >= 0.3 is 0 Å². The van der Waals surface area contributed by atoms with E-state index in [0.29, 0.717) is 32.2 Å². The summed E-state index contributed by atoms with van der Waals surface area (Å²) in [5.41, 5.74) is 16.6. The lowest BCUT2D eigenvalue weighted by molar-refractivity contribution is -0.412. The third-order valence-electron chi connectivity index (χ3n) is 6.20. The normalized spacial score (nSPS) is 35.5. The van der Waals surface area contributed by atoms with Crippen LogP contribution in [0.4, 0.5) is 0 Å². The van der Waals surface area contributed by atoms with Crippen molar-refractivity contribution in [1.29, 1.82) is 0 Å². The Morgan fingerprint density at radius 3 is 1.83 bits per heavy atom. The van der Waals surface area contributed by atoms with Gasteiger partial charge in [0.1, 0.15) is 22.9 Å². The molecule has 0 aromatic heterocycles. The molecule has 6 atom stereocenters. The van der Waals surface area contributed by atoms with Crippen molar-refractivity contribution in [2.45, 2.75) is 93.6 Å². The van der Waals surface area contributed by atoms with Crippen LogP contribution in [0.2, 0.25) is 0 Å². The minimum absolute atomic E-state index is 0.00130. The molecule has 0 spiro atoms. The maximum atomic E-state index is 12.0. The fourth-order valence-corrected chi connectivity index (χ4v) is 4.59. The first kappa shape index (κ1) is 27.6. The summed E-state index contributed by atoms with van der Waals surface area (Å²) < 4.78 is 11.7. The molecule has 0 saturated carbocycles. The number of hydrogen-bond acceptors (Lipinski definition) is 10. The lowest BCUT2D eigenvalue weighted by atomic mass is 9.59. The van der Waals surface area contributed by atoms with Crippen LogP contribution in [0.15, 0.2) is 0 Å². The van der Waals surface area contributed by atoms with Crippen LogP contribution in [0.5, 0.6) is 0 Å². The van der Waals surface area contributed by atoms with E-state index in [0.717, 1.165) is 0 Å². The predicted octanol–water partition coefficient (Wildman–Crippen LogP) is -1.74. The molecule has 1 saturated heterocycles. The quantitative estimate of drug-likeness (QED) is 0.145. The highest BCUT2D eigenvalue weighted by atomic mass is 16.7. The van der Waals surface area contributed by atoms with Gasteiger partial charge in [0.2, 0.25) is 0 Å². The van der Waals surface area contributed by atoms with Gasteiger partial charge in [-0.2, -0.15) is 0 Å². The zero-order valence-electron chi connectivity index (χ0n) is 18.3. The van der Waals surface area contributed by atoms with E-state index < -0.39 is 35.3 Å². The minimum atomic E-state index is -2.06. The van der Waals surface area contributed by atoms with Crippen molar-refractivity contribution >= 4 is 0 Å². The summed E-state index contributed by atoms with van der Waals surface area (Å²) in [6, 6.07) is 0. The van der Waals surface area contributed by atoms with E-state index in [1.165, 1.54) is 0 Å². The zero-order chi connectivity index (χ0) is 22.8. The Bertz CT molecular complexity index is 490. The van der Waals surface area contributed by atoms with Crippen LogP contribution in [-0.4, -0.2) is 88.5 Å². The number of rotatable bonds is 15. The second kappa shape index (κ2) is 12.6. The van der Waals surface area contributed by atoms with Gasteiger partial charge in [-0.3, -0.25) is 0 Å². The molecule has 30 heavy (non-hydrogen) atoms. The second-order valence-electron chi connectivity index (χ2n) is 8.23. The molecule has 1 rings (SSSR count). The molecule has 0 aliphatic carbocycles. The molecule has 0 amide bonds. The van der Waals surface area contributed by atoms with Crippen LogP contribution in [0, 0.1) is 0 Å². The van der Waals surface area contributed by atoms with Crippen LogP contribution in [-0.2, 0) is 9.47 Å². The van der Waals surface area contributed by atoms with Crippen molar-refractivity contribution in [3.63, 3.8) is 0 Å². The molecule has 1 aliphatic heterocycles. The fourth-order valence-electron chi connectivity index (χ4n) is 4.59. The van der Waals surface area contributed by atoms with Gasteiger partial charge < -0.3 is 52.8 Å². The number of aliphatic hydroxyl groups is 4. The summed E-state index contributed by atoms with van der Waals surface area (Å²) in [6.45, 7) is 3.09. The second-order valence-corrected chi connectivity index (χ2v) is 8.23. The topological polar surface area (TPSA) is 203 Å². The van der Waals surface area contributed by atoms with Gasteiger partial charge in [0.15, 0.2) is 6.29 Å². The molecule has 0 aromatic rings. The predicted molar refractivity (Wildman–Crippen MR) is 114 cm³/mol. The van der Waals surface area contributed by atoms with Gasteiger partial charge in [0.25, 0.3) is 0 Å². The monoisotopic (exact) mass is 436 g/mol. The SMILES string of the molecule is CCO[C@H]1O[C@H](C(O)CCCN)[C@@](O)(CCCN)[C@@](O)(CCCN)[C@]1(O)CCCN. The molecule has 1 unspecified atom stereocenters. The highest BCUT2D eigenvalue weighted by Gasteiger charge is 2.71. The van der Waals surface area contributed by atoms with Crippen molar-refractivity contribution in [3.05, 3.63) is 0 Å². The standard InChI is InChI=1S/C20H44N4O6/c1-2-29-17-19(27,9-5-13-23)20(28,10-6-14-24)18(26,8-4-12-22)16(30-17)15(25)7-3-11-21/h15-17,25-28H,2-14,21-24H2,1H3/t15?,16-,17+,18+,19+,20+/m1/s1. The first-order valence-electron chi connectivity index (χ1n) is 11.1. The summed E-state index contributed by atoms with van der Waals surface area (Å²) in [4.78, 5) is 0. The molecule has 1 heterocycles. The molecule has 10 nitrogen and oxygen atoms in total. The zero-order valence-corrected chi connectivity index (χ0v) is 18.3.